The Morgan fingerprint density at radius 2 is 2.31 bits per heavy atom. The van der Waals surface area contributed by atoms with E-state index in [9.17, 15) is 5.11 Å². The summed E-state index contributed by atoms with van der Waals surface area (Å²) < 4.78 is 2.28. The van der Waals surface area contributed by atoms with Gasteiger partial charge in [-0.3, -0.25) is 0 Å². The maximum absolute atomic E-state index is 9.45. The molecule has 2 aliphatic rings. The Bertz CT molecular complexity index is 498. The molecule has 0 amide bonds. The number of hydrogen-bond donors (Lipinski definition) is 1. The lowest BCUT2D eigenvalue weighted by Crippen LogP contribution is -2.34. The largest absolute Gasteiger partial charge is 0.393 e. The lowest BCUT2D eigenvalue weighted by molar-refractivity contribution is 0.0268. The Balaban J connectivity index is 1.83. The van der Waals surface area contributed by atoms with Gasteiger partial charge in [0.05, 0.1) is 30.4 Å². The van der Waals surface area contributed by atoms with Crippen LogP contribution in [-0.4, -0.2) is 20.8 Å². The lowest BCUT2D eigenvalue weighted by Gasteiger charge is -2.36. The molecule has 1 atom stereocenters. The number of fused-ring (bicyclic) bond motifs is 3. The van der Waals surface area contributed by atoms with E-state index in [-0.39, 0.29) is 6.10 Å². The third-order valence-electron chi connectivity index (χ3n) is 3.80. The number of aliphatic hydroxyl groups excluding tert-OH is 1. The van der Waals surface area contributed by atoms with Crippen molar-refractivity contribution in [2.75, 3.05) is 0 Å². The minimum absolute atomic E-state index is 0.0824. The fourth-order valence-electron chi connectivity index (χ4n) is 2.95. The highest BCUT2D eigenvalue weighted by Crippen LogP contribution is 2.50. The van der Waals surface area contributed by atoms with E-state index in [0.29, 0.717) is 12.0 Å². The van der Waals surface area contributed by atoms with Gasteiger partial charge in [-0.25, -0.2) is 4.98 Å². The Morgan fingerprint density at radius 1 is 1.44 bits per heavy atom. The number of thiophene rings is 1. The summed E-state index contributed by atoms with van der Waals surface area (Å²) in [5, 5.41) is 11.6. The molecule has 4 rings (SSSR count). The maximum atomic E-state index is 9.45. The van der Waals surface area contributed by atoms with Crippen LogP contribution in [0.1, 0.15) is 23.8 Å². The highest BCUT2D eigenvalue weighted by atomic mass is 32.1. The molecule has 4 heteroatoms. The second-order valence-corrected chi connectivity index (χ2v) is 5.66. The highest BCUT2D eigenvalue weighted by molar-refractivity contribution is 7.10. The van der Waals surface area contributed by atoms with Gasteiger partial charge in [0.25, 0.3) is 0 Å². The fourth-order valence-corrected chi connectivity index (χ4v) is 4.05. The summed E-state index contributed by atoms with van der Waals surface area (Å²) in [5.74, 6) is 0.586. The number of aliphatic hydroxyl groups is 1. The Hall–Kier alpha value is -1.13. The van der Waals surface area contributed by atoms with E-state index in [0.717, 1.165) is 12.8 Å². The standard InChI is InChI=1S/C12H12N2OS/c15-8-3-7(4-8)11-12-9(1-2-16-12)10-5-13-6-14(10)11/h1-2,5-8,11,15H,3-4H2/t7-,8+,11-/m1/s1. The maximum Gasteiger partial charge on any atom is 0.0957 e. The lowest BCUT2D eigenvalue weighted by atomic mass is 9.77. The first kappa shape index (κ1) is 8.96. The molecule has 1 fully saturated rings. The number of hydrogen-bond acceptors (Lipinski definition) is 3. The second kappa shape index (κ2) is 2.96. The van der Waals surface area contributed by atoms with Gasteiger partial charge in [0.15, 0.2) is 0 Å². The SMILES string of the molecule is O[C@H]1C[C@@H]([C@@H]2c3sccc3-c3cncn32)C1. The molecule has 16 heavy (non-hydrogen) atoms. The first-order chi connectivity index (χ1) is 7.84. The van der Waals surface area contributed by atoms with Crippen molar-refractivity contribution in [1.29, 1.82) is 0 Å². The van der Waals surface area contributed by atoms with Crippen molar-refractivity contribution in [2.24, 2.45) is 5.92 Å². The number of rotatable bonds is 1. The minimum Gasteiger partial charge on any atom is -0.393 e. The van der Waals surface area contributed by atoms with Crippen LogP contribution in [0.25, 0.3) is 11.3 Å². The van der Waals surface area contributed by atoms with Crippen molar-refractivity contribution in [3.8, 4) is 11.3 Å². The van der Waals surface area contributed by atoms with Crippen molar-refractivity contribution < 1.29 is 5.11 Å². The summed E-state index contributed by atoms with van der Waals surface area (Å²) in [6.45, 7) is 0. The van der Waals surface area contributed by atoms with Crippen LogP contribution >= 0.6 is 11.3 Å². The average Bonchev–Trinajstić information content (AvgIpc) is 2.84. The molecule has 82 valence electrons. The van der Waals surface area contributed by atoms with Crippen molar-refractivity contribution in [1.82, 2.24) is 9.55 Å². The molecule has 0 radical (unpaired) electrons. The molecule has 1 aliphatic carbocycles. The summed E-state index contributed by atoms with van der Waals surface area (Å²) in [6, 6.07) is 2.61. The zero-order chi connectivity index (χ0) is 10.7. The quantitative estimate of drug-likeness (QED) is 0.819. The first-order valence-corrected chi connectivity index (χ1v) is 6.50. The van der Waals surface area contributed by atoms with Crippen LogP contribution in [0.2, 0.25) is 0 Å². The van der Waals surface area contributed by atoms with Crippen molar-refractivity contribution in [3.63, 3.8) is 0 Å². The molecule has 2 aromatic heterocycles. The predicted octanol–water partition coefficient (Wildman–Crippen LogP) is 2.29. The number of aromatic nitrogens is 2. The fraction of sp³-hybridized carbons (Fsp3) is 0.417. The van der Waals surface area contributed by atoms with Gasteiger partial charge in [0.1, 0.15) is 0 Å². The second-order valence-electron chi connectivity index (χ2n) is 4.71. The first-order valence-electron chi connectivity index (χ1n) is 5.62. The van der Waals surface area contributed by atoms with Crippen LogP contribution in [0.5, 0.6) is 0 Å². The highest BCUT2D eigenvalue weighted by Gasteiger charge is 2.41. The van der Waals surface area contributed by atoms with Gasteiger partial charge in [-0.15, -0.1) is 11.3 Å². The summed E-state index contributed by atoms with van der Waals surface area (Å²) in [5.41, 5.74) is 2.58. The molecular weight excluding hydrogens is 220 g/mol. The third-order valence-corrected chi connectivity index (χ3v) is 4.79. The average molecular weight is 232 g/mol. The van der Waals surface area contributed by atoms with E-state index in [1.807, 2.05) is 23.9 Å². The topological polar surface area (TPSA) is 38.1 Å². The van der Waals surface area contributed by atoms with Crippen molar-refractivity contribution in [3.05, 3.63) is 28.8 Å². The van der Waals surface area contributed by atoms with Gasteiger partial charge in [0, 0.05) is 10.4 Å². The molecule has 3 nitrogen and oxygen atoms in total. The molecule has 0 aromatic carbocycles. The number of imidazole rings is 1. The third kappa shape index (κ3) is 0.987. The van der Waals surface area contributed by atoms with Gasteiger partial charge >= 0.3 is 0 Å². The number of nitrogens with zero attached hydrogens (tertiary/aromatic N) is 2. The van der Waals surface area contributed by atoms with Crippen LogP contribution in [0.4, 0.5) is 0 Å². The minimum atomic E-state index is -0.0824. The zero-order valence-electron chi connectivity index (χ0n) is 8.71. The molecule has 2 aromatic rings. The molecular formula is C12H12N2OS. The van der Waals surface area contributed by atoms with E-state index in [1.165, 1.54) is 16.1 Å². The molecule has 1 N–H and O–H groups in total. The summed E-state index contributed by atoms with van der Waals surface area (Å²) >= 11 is 1.83. The van der Waals surface area contributed by atoms with Gasteiger partial charge in [0.2, 0.25) is 0 Å². The van der Waals surface area contributed by atoms with Crippen molar-refractivity contribution >= 4 is 11.3 Å². The van der Waals surface area contributed by atoms with E-state index >= 15 is 0 Å². The molecule has 0 spiro atoms. The van der Waals surface area contributed by atoms with Gasteiger partial charge in [-0.2, -0.15) is 0 Å². The molecule has 0 bridgehead atoms. The summed E-state index contributed by atoms with van der Waals surface area (Å²) in [4.78, 5) is 5.69. The molecule has 0 unspecified atom stereocenters. The van der Waals surface area contributed by atoms with E-state index in [2.05, 4.69) is 21.0 Å². The molecule has 1 aliphatic heterocycles. The zero-order valence-corrected chi connectivity index (χ0v) is 9.52. The smallest absolute Gasteiger partial charge is 0.0957 e. The van der Waals surface area contributed by atoms with Gasteiger partial charge in [-0.05, 0) is 30.2 Å². The van der Waals surface area contributed by atoms with Crippen LogP contribution in [0.3, 0.4) is 0 Å². The summed E-state index contributed by atoms with van der Waals surface area (Å²) in [6.07, 6.45) is 5.65. The molecule has 0 saturated heterocycles. The molecule has 1 saturated carbocycles. The van der Waals surface area contributed by atoms with Gasteiger partial charge < -0.3 is 9.67 Å². The Kier molecular flexibility index (Phi) is 1.66. The van der Waals surface area contributed by atoms with E-state index in [4.69, 9.17) is 0 Å². The van der Waals surface area contributed by atoms with Crippen LogP contribution in [0.15, 0.2) is 24.0 Å². The monoisotopic (exact) mass is 232 g/mol. The Morgan fingerprint density at radius 3 is 3.12 bits per heavy atom. The van der Waals surface area contributed by atoms with E-state index in [1.54, 1.807) is 0 Å². The Labute approximate surface area is 97.4 Å². The van der Waals surface area contributed by atoms with Crippen molar-refractivity contribution in [2.45, 2.75) is 25.0 Å². The molecule has 3 heterocycles. The normalized spacial score (nSPS) is 30.9. The predicted molar refractivity (Wildman–Crippen MR) is 62.4 cm³/mol. The van der Waals surface area contributed by atoms with Gasteiger partial charge in [-0.1, -0.05) is 0 Å². The van der Waals surface area contributed by atoms with Crippen LogP contribution < -0.4 is 0 Å². The van der Waals surface area contributed by atoms with E-state index < -0.39 is 0 Å². The van der Waals surface area contributed by atoms with Crippen LogP contribution in [0, 0.1) is 5.92 Å². The summed E-state index contributed by atoms with van der Waals surface area (Å²) in [7, 11) is 0. The van der Waals surface area contributed by atoms with Crippen LogP contribution in [-0.2, 0) is 0 Å².